The first-order chi connectivity index (χ1) is 7.22. The van der Waals surface area contributed by atoms with Crippen LogP contribution in [0.25, 0.3) is 0 Å². The van der Waals surface area contributed by atoms with Crippen LogP contribution in [0.15, 0.2) is 0 Å². The van der Waals surface area contributed by atoms with Crippen LogP contribution in [0.4, 0.5) is 0 Å². The van der Waals surface area contributed by atoms with Crippen molar-refractivity contribution in [3.8, 4) is 0 Å². The van der Waals surface area contributed by atoms with Gasteiger partial charge in [0.05, 0.1) is 11.3 Å². The van der Waals surface area contributed by atoms with Crippen LogP contribution in [-0.2, 0) is 14.3 Å². The van der Waals surface area contributed by atoms with Gasteiger partial charge in [0.2, 0.25) is 0 Å². The van der Waals surface area contributed by atoms with Gasteiger partial charge < -0.3 is 4.74 Å². The van der Waals surface area contributed by atoms with E-state index in [2.05, 4.69) is 13.8 Å². The van der Waals surface area contributed by atoms with E-state index in [4.69, 9.17) is 4.74 Å². The quantitative estimate of drug-likeness (QED) is 0.549. The zero-order valence-electron chi connectivity index (χ0n) is 11.0. The molecule has 92 valence electrons. The number of hydrogen-bond donors (Lipinski definition) is 0. The third kappa shape index (κ3) is 1.76. The fraction of sp³-hybridized carbons (Fsp3) is 0.846. The molecule has 0 N–H and O–H groups in total. The highest BCUT2D eigenvalue weighted by Crippen LogP contribution is 2.47. The van der Waals surface area contributed by atoms with E-state index in [1.807, 2.05) is 27.7 Å². The van der Waals surface area contributed by atoms with Crippen molar-refractivity contribution in [2.24, 2.45) is 29.1 Å². The third-order valence-corrected chi connectivity index (χ3v) is 4.31. The highest BCUT2D eigenvalue weighted by Gasteiger charge is 2.58. The maximum Gasteiger partial charge on any atom is 0.320 e. The van der Waals surface area contributed by atoms with Gasteiger partial charge in [-0.2, -0.15) is 0 Å². The molecule has 3 heteroatoms. The van der Waals surface area contributed by atoms with Crippen molar-refractivity contribution in [2.45, 2.75) is 41.5 Å². The van der Waals surface area contributed by atoms with Crippen LogP contribution in [0.2, 0.25) is 0 Å². The Bertz CT molecular complexity index is 306. The molecule has 0 aromatic heterocycles. The summed E-state index contributed by atoms with van der Waals surface area (Å²) in [6, 6.07) is 0. The Morgan fingerprint density at radius 1 is 1.12 bits per heavy atom. The minimum atomic E-state index is -0.666. The largest absolute Gasteiger partial charge is 0.392 e. The van der Waals surface area contributed by atoms with Crippen LogP contribution in [0.3, 0.4) is 0 Å². The van der Waals surface area contributed by atoms with Crippen molar-refractivity contribution >= 4 is 11.9 Å². The third-order valence-electron chi connectivity index (χ3n) is 4.31. The predicted octanol–water partition coefficient (Wildman–Crippen LogP) is 2.64. The maximum absolute atomic E-state index is 11.8. The molecule has 3 atom stereocenters. The summed E-state index contributed by atoms with van der Waals surface area (Å²) in [4.78, 5) is 23.6. The molecule has 1 saturated heterocycles. The molecule has 3 unspecified atom stereocenters. The van der Waals surface area contributed by atoms with E-state index in [1.165, 1.54) is 0 Å². The Balaban J connectivity index is 3.13. The first-order valence-electron chi connectivity index (χ1n) is 5.99. The summed E-state index contributed by atoms with van der Waals surface area (Å²) >= 11 is 0. The van der Waals surface area contributed by atoms with Crippen molar-refractivity contribution in [3.63, 3.8) is 0 Å². The Labute approximate surface area is 97.5 Å². The second kappa shape index (κ2) is 4.19. The Morgan fingerprint density at radius 3 is 2.00 bits per heavy atom. The van der Waals surface area contributed by atoms with E-state index in [0.29, 0.717) is 5.92 Å². The first-order valence-corrected chi connectivity index (χ1v) is 5.99. The predicted molar refractivity (Wildman–Crippen MR) is 61.5 cm³/mol. The summed E-state index contributed by atoms with van der Waals surface area (Å²) < 4.78 is 4.84. The standard InChI is InChI=1S/C13H22O3/c1-7(2)9(5)10-11(14)16-12(15)13(10,6)8(3)4/h7-10H,1-6H3. The minimum absolute atomic E-state index is 0.109. The summed E-state index contributed by atoms with van der Waals surface area (Å²) in [6.07, 6.45) is 0. The van der Waals surface area contributed by atoms with Crippen molar-refractivity contribution in [3.05, 3.63) is 0 Å². The molecule has 1 rings (SSSR count). The molecule has 1 aliphatic rings. The van der Waals surface area contributed by atoms with Crippen molar-refractivity contribution < 1.29 is 14.3 Å². The van der Waals surface area contributed by atoms with E-state index < -0.39 is 5.41 Å². The highest BCUT2D eigenvalue weighted by molar-refractivity contribution is 5.99. The average Bonchev–Trinajstić information content (AvgIpc) is 2.38. The fourth-order valence-electron chi connectivity index (χ4n) is 2.38. The van der Waals surface area contributed by atoms with E-state index in [9.17, 15) is 9.59 Å². The number of cyclic esters (lactones) is 2. The van der Waals surface area contributed by atoms with Crippen molar-refractivity contribution in [1.29, 1.82) is 0 Å². The lowest BCUT2D eigenvalue weighted by Crippen LogP contribution is -2.40. The van der Waals surface area contributed by atoms with Crippen molar-refractivity contribution in [1.82, 2.24) is 0 Å². The number of esters is 2. The molecule has 0 aromatic carbocycles. The average molecular weight is 226 g/mol. The smallest absolute Gasteiger partial charge is 0.320 e. The summed E-state index contributed by atoms with van der Waals surface area (Å²) in [5.74, 6) is -0.377. The maximum atomic E-state index is 11.8. The molecular formula is C13H22O3. The zero-order chi connectivity index (χ0) is 12.7. The Kier molecular flexibility index (Phi) is 3.46. The molecule has 0 bridgehead atoms. The van der Waals surface area contributed by atoms with Gasteiger partial charge >= 0.3 is 11.9 Å². The van der Waals surface area contributed by atoms with Crippen LogP contribution in [-0.4, -0.2) is 11.9 Å². The topological polar surface area (TPSA) is 43.4 Å². The summed E-state index contributed by atoms with van der Waals surface area (Å²) in [7, 11) is 0. The fourth-order valence-corrected chi connectivity index (χ4v) is 2.38. The molecule has 0 aromatic rings. The van der Waals surface area contributed by atoms with Gasteiger partial charge in [-0.1, -0.05) is 34.6 Å². The summed E-state index contributed by atoms with van der Waals surface area (Å²) in [5, 5.41) is 0. The molecule has 3 nitrogen and oxygen atoms in total. The molecule has 0 radical (unpaired) electrons. The van der Waals surface area contributed by atoms with Gasteiger partial charge in [-0.3, -0.25) is 9.59 Å². The van der Waals surface area contributed by atoms with Crippen LogP contribution < -0.4 is 0 Å². The van der Waals surface area contributed by atoms with Gasteiger partial charge in [0.25, 0.3) is 0 Å². The molecule has 1 heterocycles. The molecule has 1 aliphatic heterocycles. The lowest BCUT2D eigenvalue weighted by Gasteiger charge is -2.34. The molecule has 16 heavy (non-hydrogen) atoms. The number of hydrogen-bond acceptors (Lipinski definition) is 3. The van der Waals surface area contributed by atoms with Crippen LogP contribution >= 0.6 is 0 Å². The van der Waals surface area contributed by atoms with E-state index in [-0.39, 0.29) is 29.7 Å². The molecule has 0 amide bonds. The monoisotopic (exact) mass is 226 g/mol. The van der Waals surface area contributed by atoms with E-state index >= 15 is 0 Å². The van der Waals surface area contributed by atoms with Gasteiger partial charge in [-0.05, 0) is 24.7 Å². The van der Waals surface area contributed by atoms with Crippen molar-refractivity contribution in [2.75, 3.05) is 0 Å². The van der Waals surface area contributed by atoms with Gasteiger partial charge in [-0.25, -0.2) is 0 Å². The number of carbonyl (C=O) groups is 2. The summed E-state index contributed by atoms with van der Waals surface area (Å²) in [6.45, 7) is 12.0. The molecule has 0 spiro atoms. The van der Waals surface area contributed by atoms with Crippen LogP contribution in [0.5, 0.6) is 0 Å². The highest BCUT2D eigenvalue weighted by atomic mass is 16.6. The van der Waals surface area contributed by atoms with E-state index in [0.717, 1.165) is 0 Å². The van der Waals surface area contributed by atoms with E-state index in [1.54, 1.807) is 0 Å². The second-order valence-corrected chi connectivity index (χ2v) is 5.73. The van der Waals surface area contributed by atoms with Gasteiger partial charge in [0.15, 0.2) is 0 Å². The lowest BCUT2D eigenvalue weighted by molar-refractivity contribution is -0.155. The number of ether oxygens (including phenoxy) is 1. The minimum Gasteiger partial charge on any atom is -0.392 e. The summed E-state index contributed by atoms with van der Waals surface area (Å²) in [5.41, 5.74) is -0.666. The lowest BCUT2D eigenvalue weighted by atomic mass is 9.64. The molecule has 0 saturated carbocycles. The van der Waals surface area contributed by atoms with Gasteiger partial charge in [0.1, 0.15) is 0 Å². The zero-order valence-corrected chi connectivity index (χ0v) is 11.0. The normalized spacial score (nSPS) is 32.4. The SMILES string of the molecule is CC(C)C(C)C1C(=O)OC(=O)C1(C)C(C)C. The first kappa shape index (κ1) is 13.2. The molecule has 0 aliphatic carbocycles. The number of carbonyl (C=O) groups excluding carboxylic acids is 2. The van der Waals surface area contributed by atoms with Crippen LogP contribution in [0, 0.1) is 29.1 Å². The van der Waals surface area contributed by atoms with Gasteiger partial charge in [0, 0.05) is 0 Å². The Morgan fingerprint density at radius 2 is 1.62 bits per heavy atom. The molecule has 1 fully saturated rings. The van der Waals surface area contributed by atoms with Crippen LogP contribution in [0.1, 0.15) is 41.5 Å². The Hall–Kier alpha value is -0.860. The number of rotatable bonds is 3. The molecular weight excluding hydrogens is 204 g/mol. The van der Waals surface area contributed by atoms with Gasteiger partial charge in [-0.15, -0.1) is 0 Å². The second-order valence-electron chi connectivity index (χ2n) is 5.73.